The van der Waals surface area contributed by atoms with Crippen LogP contribution in [0.4, 0.5) is 5.82 Å². The van der Waals surface area contributed by atoms with E-state index in [2.05, 4.69) is 4.90 Å². The van der Waals surface area contributed by atoms with Gasteiger partial charge in [-0.2, -0.15) is 0 Å². The summed E-state index contributed by atoms with van der Waals surface area (Å²) in [5.74, 6) is 0.468. The SMILES string of the molecule is C[C@@H](c1ccccc1)N1C(=O)/C(=C/c2c(N3CCCCC3)nc3ccccn3c2=O)SC1=S. The molecule has 3 aromatic rings. The number of thiocarbonyl (C=S) groups is 1. The van der Waals surface area contributed by atoms with Crippen molar-refractivity contribution in [3.8, 4) is 0 Å². The molecule has 0 radical (unpaired) electrons. The number of aromatic nitrogens is 2. The van der Waals surface area contributed by atoms with E-state index in [9.17, 15) is 9.59 Å². The topological polar surface area (TPSA) is 57.9 Å². The predicted molar refractivity (Wildman–Crippen MR) is 137 cm³/mol. The third-order valence-electron chi connectivity index (χ3n) is 6.17. The number of thioether (sulfide) groups is 1. The number of benzene rings is 1. The molecule has 2 aromatic heterocycles. The minimum atomic E-state index is -0.193. The molecule has 5 rings (SSSR count). The lowest BCUT2D eigenvalue weighted by atomic mass is 10.1. The smallest absolute Gasteiger partial charge is 0.267 e. The lowest BCUT2D eigenvalue weighted by Crippen LogP contribution is -2.33. The van der Waals surface area contributed by atoms with Gasteiger partial charge in [-0.3, -0.25) is 18.9 Å². The van der Waals surface area contributed by atoms with Gasteiger partial charge in [-0.25, -0.2) is 4.98 Å². The summed E-state index contributed by atoms with van der Waals surface area (Å²) in [6.07, 6.45) is 6.70. The molecule has 0 spiro atoms. The van der Waals surface area contributed by atoms with E-state index in [0.29, 0.717) is 26.3 Å². The number of piperidine rings is 1. The Morgan fingerprint density at radius 2 is 1.76 bits per heavy atom. The van der Waals surface area contributed by atoms with E-state index in [4.69, 9.17) is 17.2 Å². The first-order valence-corrected chi connectivity index (χ1v) is 12.4. The van der Waals surface area contributed by atoms with Crippen molar-refractivity contribution in [1.82, 2.24) is 14.3 Å². The first-order chi connectivity index (χ1) is 16.0. The quantitative estimate of drug-likeness (QED) is 0.404. The van der Waals surface area contributed by atoms with Gasteiger partial charge in [0.2, 0.25) is 0 Å². The molecule has 33 heavy (non-hydrogen) atoms. The second-order valence-corrected chi connectivity index (χ2v) is 9.94. The lowest BCUT2D eigenvalue weighted by molar-refractivity contribution is -0.123. The van der Waals surface area contributed by atoms with E-state index in [-0.39, 0.29) is 17.5 Å². The van der Waals surface area contributed by atoms with Crippen molar-refractivity contribution in [1.29, 1.82) is 0 Å². The number of amides is 1. The van der Waals surface area contributed by atoms with Crippen LogP contribution in [0.1, 0.15) is 43.4 Å². The summed E-state index contributed by atoms with van der Waals surface area (Å²) in [5.41, 5.74) is 1.87. The number of hydrogen-bond acceptors (Lipinski definition) is 6. The third-order valence-corrected chi connectivity index (χ3v) is 7.50. The first-order valence-electron chi connectivity index (χ1n) is 11.1. The van der Waals surface area contributed by atoms with Crippen molar-refractivity contribution in [3.63, 3.8) is 0 Å². The maximum Gasteiger partial charge on any atom is 0.267 e. The summed E-state index contributed by atoms with van der Waals surface area (Å²) in [4.78, 5) is 36.0. The van der Waals surface area contributed by atoms with E-state index in [1.54, 1.807) is 23.2 Å². The number of carbonyl (C=O) groups is 1. The summed E-state index contributed by atoms with van der Waals surface area (Å²) in [5, 5.41) is 0. The van der Waals surface area contributed by atoms with Gasteiger partial charge in [0, 0.05) is 19.3 Å². The van der Waals surface area contributed by atoms with Gasteiger partial charge in [0.05, 0.1) is 16.5 Å². The van der Waals surface area contributed by atoms with Crippen LogP contribution in [0.2, 0.25) is 0 Å². The van der Waals surface area contributed by atoms with Crippen LogP contribution in [0.3, 0.4) is 0 Å². The van der Waals surface area contributed by atoms with Crippen molar-refractivity contribution >= 4 is 51.7 Å². The Morgan fingerprint density at radius 1 is 1.03 bits per heavy atom. The summed E-state index contributed by atoms with van der Waals surface area (Å²) in [7, 11) is 0. The Morgan fingerprint density at radius 3 is 2.52 bits per heavy atom. The Labute approximate surface area is 201 Å². The van der Waals surface area contributed by atoms with E-state index in [1.165, 1.54) is 22.6 Å². The molecule has 4 heterocycles. The molecule has 1 aromatic carbocycles. The van der Waals surface area contributed by atoms with Crippen LogP contribution in [-0.2, 0) is 4.79 Å². The normalized spacial score (nSPS) is 19.0. The second-order valence-electron chi connectivity index (χ2n) is 8.27. The van der Waals surface area contributed by atoms with Gasteiger partial charge in [-0.05, 0) is 50.0 Å². The molecule has 2 aliphatic heterocycles. The predicted octanol–water partition coefficient (Wildman–Crippen LogP) is 4.65. The fourth-order valence-corrected chi connectivity index (χ4v) is 5.79. The number of anilines is 1. The molecule has 2 fully saturated rings. The molecule has 0 aliphatic carbocycles. The van der Waals surface area contributed by atoms with Gasteiger partial charge < -0.3 is 4.90 Å². The molecule has 0 bridgehead atoms. The maximum absolute atomic E-state index is 13.5. The lowest BCUT2D eigenvalue weighted by Gasteiger charge is -2.29. The van der Waals surface area contributed by atoms with E-state index >= 15 is 0 Å². The highest BCUT2D eigenvalue weighted by molar-refractivity contribution is 8.26. The van der Waals surface area contributed by atoms with Gasteiger partial charge in [-0.15, -0.1) is 0 Å². The molecule has 2 saturated heterocycles. The summed E-state index contributed by atoms with van der Waals surface area (Å²) >= 11 is 6.82. The Balaban J connectivity index is 1.58. The zero-order valence-corrected chi connectivity index (χ0v) is 19.9. The first kappa shape index (κ1) is 21.9. The van der Waals surface area contributed by atoms with Gasteiger partial charge >= 0.3 is 0 Å². The molecule has 2 aliphatic rings. The van der Waals surface area contributed by atoms with Gasteiger partial charge in [0.1, 0.15) is 15.8 Å². The zero-order valence-electron chi connectivity index (χ0n) is 18.3. The van der Waals surface area contributed by atoms with Gasteiger partial charge in [0.25, 0.3) is 11.5 Å². The fraction of sp³-hybridized carbons (Fsp3) is 0.280. The number of nitrogens with zero attached hydrogens (tertiary/aromatic N) is 4. The Hall–Kier alpha value is -2.97. The monoisotopic (exact) mass is 476 g/mol. The van der Waals surface area contributed by atoms with Crippen LogP contribution in [0, 0.1) is 0 Å². The molecule has 0 unspecified atom stereocenters. The zero-order chi connectivity index (χ0) is 22.9. The van der Waals surface area contributed by atoms with Crippen molar-refractivity contribution in [2.75, 3.05) is 18.0 Å². The summed E-state index contributed by atoms with van der Waals surface area (Å²) in [6.45, 7) is 3.67. The van der Waals surface area contributed by atoms with Crippen molar-refractivity contribution in [3.05, 3.63) is 81.1 Å². The van der Waals surface area contributed by atoms with E-state index in [1.807, 2.05) is 49.4 Å². The largest absolute Gasteiger partial charge is 0.356 e. The number of carbonyl (C=O) groups excluding carboxylic acids is 1. The van der Waals surface area contributed by atoms with Crippen LogP contribution in [-0.4, -0.2) is 37.6 Å². The number of pyridine rings is 1. The Kier molecular flexibility index (Phi) is 6.03. The molecular weight excluding hydrogens is 452 g/mol. The summed E-state index contributed by atoms with van der Waals surface area (Å²) in [6, 6.07) is 15.1. The van der Waals surface area contributed by atoms with Gasteiger partial charge in [-0.1, -0.05) is 60.4 Å². The molecular formula is C25H24N4O2S2. The average Bonchev–Trinajstić information content (AvgIpc) is 3.14. The maximum atomic E-state index is 13.5. The fourth-order valence-electron chi connectivity index (χ4n) is 4.39. The van der Waals surface area contributed by atoms with Crippen LogP contribution in [0.25, 0.3) is 11.7 Å². The number of hydrogen-bond donors (Lipinski definition) is 0. The van der Waals surface area contributed by atoms with Crippen LogP contribution >= 0.6 is 24.0 Å². The van der Waals surface area contributed by atoms with E-state index in [0.717, 1.165) is 31.5 Å². The molecule has 8 heteroatoms. The number of fused-ring (bicyclic) bond motifs is 1. The highest BCUT2D eigenvalue weighted by atomic mass is 32.2. The molecule has 1 atom stereocenters. The molecule has 6 nitrogen and oxygen atoms in total. The standard InChI is InChI=1S/C25H24N4O2S2/c1-17(18-10-4-2-5-11-18)29-24(31)20(33-25(29)32)16-19-22(27-13-7-3-8-14-27)26-21-12-6-9-15-28(21)23(19)30/h2,4-6,9-12,15-17H,3,7-8,13-14H2,1H3/b20-16-/t17-/m0/s1. The third kappa shape index (κ3) is 4.09. The average molecular weight is 477 g/mol. The minimum absolute atomic E-state index is 0.177. The van der Waals surface area contributed by atoms with Crippen LogP contribution in [0.5, 0.6) is 0 Å². The van der Waals surface area contributed by atoms with Crippen LogP contribution in [0.15, 0.2) is 64.4 Å². The molecule has 1 amide bonds. The number of rotatable bonds is 4. The minimum Gasteiger partial charge on any atom is -0.356 e. The summed E-state index contributed by atoms with van der Waals surface area (Å²) < 4.78 is 2.03. The van der Waals surface area contributed by atoms with Gasteiger partial charge in [0.15, 0.2) is 0 Å². The molecule has 0 N–H and O–H groups in total. The highest BCUT2D eigenvalue weighted by Crippen LogP contribution is 2.38. The highest BCUT2D eigenvalue weighted by Gasteiger charge is 2.36. The Bertz CT molecular complexity index is 1310. The molecule has 0 saturated carbocycles. The van der Waals surface area contributed by atoms with Crippen molar-refractivity contribution in [2.45, 2.75) is 32.2 Å². The van der Waals surface area contributed by atoms with Crippen molar-refractivity contribution < 1.29 is 4.79 Å². The van der Waals surface area contributed by atoms with Crippen molar-refractivity contribution in [2.24, 2.45) is 0 Å². The van der Waals surface area contributed by atoms with E-state index < -0.39 is 0 Å². The second kappa shape index (κ2) is 9.11. The van der Waals surface area contributed by atoms with Crippen LogP contribution < -0.4 is 10.5 Å². The molecule has 168 valence electrons.